The Balaban J connectivity index is 1.59. The molecule has 2 N–H and O–H groups in total. The standard InChI is InChI=1S/C14H17N3OS/c1-9-2-6-11(7-3-9)19-8-12-16-14(18-17-12)13(15)10-4-5-10/h2-3,6-7,10,13H,4-5,8,15H2,1H3. The van der Waals surface area contributed by atoms with Gasteiger partial charge in [-0.1, -0.05) is 22.9 Å². The highest BCUT2D eigenvalue weighted by molar-refractivity contribution is 7.98. The zero-order chi connectivity index (χ0) is 13.2. The third-order valence-electron chi connectivity index (χ3n) is 3.29. The predicted octanol–water partition coefficient (Wildman–Crippen LogP) is 3.08. The second kappa shape index (κ2) is 5.35. The first-order chi connectivity index (χ1) is 9.22. The summed E-state index contributed by atoms with van der Waals surface area (Å²) in [5.41, 5.74) is 7.30. The lowest BCUT2D eigenvalue weighted by atomic mass is 10.2. The van der Waals surface area contributed by atoms with Crippen molar-refractivity contribution in [3.05, 3.63) is 41.5 Å². The topological polar surface area (TPSA) is 64.9 Å². The highest BCUT2D eigenvalue weighted by Crippen LogP contribution is 2.38. The Hall–Kier alpha value is -1.33. The largest absolute Gasteiger partial charge is 0.338 e. The van der Waals surface area contributed by atoms with Crippen LogP contribution in [-0.4, -0.2) is 10.1 Å². The van der Waals surface area contributed by atoms with Crippen LogP contribution in [0.2, 0.25) is 0 Å². The van der Waals surface area contributed by atoms with Crippen LogP contribution in [0.25, 0.3) is 0 Å². The summed E-state index contributed by atoms with van der Waals surface area (Å²) in [5, 5.41) is 3.99. The molecule has 1 atom stereocenters. The molecule has 1 aliphatic carbocycles. The zero-order valence-electron chi connectivity index (χ0n) is 10.9. The maximum atomic E-state index is 6.03. The van der Waals surface area contributed by atoms with Gasteiger partial charge in [-0.15, -0.1) is 11.8 Å². The van der Waals surface area contributed by atoms with Gasteiger partial charge in [0.15, 0.2) is 5.82 Å². The molecule has 3 rings (SSSR count). The van der Waals surface area contributed by atoms with Crippen molar-refractivity contribution in [2.45, 2.75) is 36.5 Å². The lowest BCUT2D eigenvalue weighted by molar-refractivity contribution is 0.341. The predicted molar refractivity (Wildman–Crippen MR) is 74.7 cm³/mol. The van der Waals surface area contributed by atoms with Gasteiger partial charge in [0.1, 0.15) is 0 Å². The minimum atomic E-state index is -0.0781. The quantitative estimate of drug-likeness (QED) is 0.849. The van der Waals surface area contributed by atoms with Crippen molar-refractivity contribution in [3.8, 4) is 0 Å². The second-order valence-corrected chi connectivity index (χ2v) is 6.06. The summed E-state index contributed by atoms with van der Waals surface area (Å²) in [6.07, 6.45) is 2.36. The summed E-state index contributed by atoms with van der Waals surface area (Å²) in [6.45, 7) is 2.08. The van der Waals surface area contributed by atoms with E-state index in [1.165, 1.54) is 23.3 Å². The number of aryl methyl sites for hydroxylation is 1. The third-order valence-corrected chi connectivity index (χ3v) is 4.30. The van der Waals surface area contributed by atoms with Gasteiger partial charge in [0.2, 0.25) is 5.89 Å². The lowest BCUT2D eigenvalue weighted by Gasteiger charge is -2.01. The molecule has 1 fully saturated rings. The summed E-state index contributed by atoms with van der Waals surface area (Å²) in [6, 6.07) is 8.35. The molecular weight excluding hydrogens is 258 g/mol. The summed E-state index contributed by atoms with van der Waals surface area (Å²) in [4.78, 5) is 5.59. The van der Waals surface area contributed by atoms with Crippen LogP contribution in [0.5, 0.6) is 0 Å². The van der Waals surface area contributed by atoms with E-state index in [9.17, 15) is 0 Å². The molecule has 0 spiro atoms. The Kier molecular flexibility index (Phi) is 3.57. The molecule has 1 aromatic carbocycles. The Morgan fingerprint density at radius 2 is 2.11 bits per heavy atom. The summed E-state index contributed by atoms with van der Waals surface area (Å²) < 4.78 is 5.24. The number of hydrogen-bond donors (Lipinski definition) is 1. The van der Waals surface area contributed by atoms with Crippen molar-refractivity contribution in [2.24, 2.45) is 11.7 Å². The normalized spacial score (nSPS) is 16.5. The molecule has 1 saturated carbocycles. The smallest absolute Gasteiger partial charge is 0.243 e. The molecule has 1 aliphatic rings. The third kappa shape index (κ3) is 3.16. The maximum absolute atomic E-state index is 6.03. The lowest BCUT2D eigenvalue weighted by Crippen LogP contribution is -2.12. The van der Waals surface area contributed by atoms with E-state index >= 15 is 0 Å². The Morgan fingerprint density at radius 1 is 1.37 bits per heavy atom. The van der Waals surface area contributed by atoms with Crippen molar-refractivity contribution in [3.63, 3.8) is 0 Å². The van der Waals surface area contributed by atoms with Crippen LogP contribution in [0.15, 0.2) is 33.7 Å². The van der Waals surface area contributed by atoms with Crippen LogP contribution in [0.1, 0.15) is 36.2 Å². The first kappa shape index (κ1) is 12.7. The van der Waals surface area contributed by atoms with Crippen LogP contribution in [0.3, 0.4) is 0 Å². The van der Waals surface area contributed by atoms with E-state index in [0.717, 1.165) is 5.82 Å². The van der Waals surface area contributed by atoms with Gasteiger partial charge in [-0.05, 0) is 37.8 Å². The Bertz CT molecular complexity index is 548. The molecule has 0 saturated heterocycles. The SMILES string of the molecule is Cc1ccc(SCc2noc(C(N)C3CC3)n2)cc1. The number of rotatable bonds is 5. The first-order valence-corrected chi connectivity index (χ1v) is 7.48. The Labute approximate surface area is 116 Å². The van der Waals surface area contributed by atoms with Crippen molar-refractivity contribution >= 4 is 11.8 Å². The van der Waals surface area contributed by atoms with E-state index in [1.807, 2.05) is 0 Å². The zero-order valence-corrected chi connectivity index (χ0v) is 11.7. The van der Waals surface area contributed by atoms with E-state index in [2.05, 4.69) is 41.3 Å². The molecule has 4 nitrogen and oxygen atoms in total. The van der Waals surface area contributed by atoms with Crippen molar-refractivity contribution in [1.29, 1.82) is 0 Å². The van der Waals surface area contributed by atoms with Gasteiger partial charge >= 0.3 is 0 Å². The minimum Gasteiger partial charge on any atom is -0.338 e. The van der Waals surface area contributed by atoms with E-state index in [-0.39, 0.29) is 6.04 Å². The second-order valence-electron chi connectivity index (χ2n) is 5.01. The average Bonchev–Trinajstić information content (AvgIpc) is 3.16. The van der Waals surface area contributed by atoms with Gasteiger partial charge in [0.25, 0.3) is 0 Å². The van der Waals surface area contributed by atoms with Crippen LogP contribution >= 0.6 is 11.8 Å². The Morgan fingerprint density at radius 3 is 2.79 bits per heavy atom. The van der Waals surface area contributed by atoms with Crippen LogP contribution in [-0.2, 0) is 5.75 Å². The number of benzene rings is 1. The molecule has 1 aromatic heterocycles. The molecule has 1 unspecified atom stereocenters. The van der Waals surface area contributed by atoms with Crippen LogP contribution < -0.4 is 5.73 Å². The van der Waals surface area contributed by atoms with E-state index in [1.54, 1.807) is 11.8 Å². The number of nitrogens with two attached hydrogens (primary N) is 1. The van der Waals surface area contributed by atoms with Crippen LogP contribution in [0, 0.1) is 12.8 Å². The molecule has 0 aliphatic heterocycles. The first-order valence-electron chi connectivity index (χ1n) is 6.50. The van der Waals surface area contributed by atoms with E-state index in [0.29, 0.717) is 17.6 Å². The molecule has 2 aromatic rings. The monoisotopic (exact) mass is 275 g/mol. The van der Waals surface area contributed by atoms with E-state index < -0.39 is 0 Å². The number of aromatic nitrogens is 2. The van der Waals surface area contributed by atoms with Gasteiger partial charge in [0.05, 0.1) is 11.8 Å². The number of nitrogens with zero attached hydrogens (tertiary/aromatic N) is 2. The number of thioether (sulfide) groups is 1. The van der Waals surface area contributed by atoms with Crippen molar-refractivity contribution in [1.82, 2.24) is 10.1 Å². The summed E-state index contributed by atoms with van der Waals surface area (Å²) in [7, 11) is 0. The molecule has 0 radical (unpaired) electrons. The highest BCUT2D eigenvalue weighted by atomic mass is 32.2. The molecule has 0 bridgehead atoms. The van der Waals surface area contributed by atoms with Gasteiger partial charge in [0, 0.05) is 4.90 Å². The molecular formula is C14H17N3OS. The van der Waals surface area contributed by atoms with Crippen molar-refractivity contribution < 1.29 is 4.52 Å². The van der Waals surface area contributed by atoms with Gasteiger partial charge in [-0.2, -0.15) is 4.98 Å². The molecule has 0 amide bonds. The van der Waals surface area contributed by atoms with Crippen molar-refractivity contribution in [2.75, 3.05) is 0 Å². The minimum absolute atomic E-state index is 0.0781. The number of hydrogen-bond acceptors (Lipinski definition) is 5. The summed E-state index contributed by atoms with van der Waals surface area (Å²) >= 11 is 1.71. The fourth-order valence-corrected chi connectivity index (χ4v) is 2.64. The van der Waals surface area contributed by atoms with Crippen LogP contribution in [0.4, 0.5) is 0 Å². The maximum Gasteiger partial charge on any atom is 0.243 e. The average molecular weight is 275 g/mol. The molecule has 100 valence electrons. The fraction of sp³-hybridized carbons (Fsp3) is 0.429. The molecule has 5 heteroatoms. The molecule has 19 heavy (non-hydrogen) atoms. The highest BCUT2D eigenvalue weighted by Gasteiger charge is 2.33. The summed E-state index contributed by atoms with van der Waals surface area (Å²) in [5.74, 6) is 2.56. The van der Waals surface area contributed by atoms with E-state index in [4.69, 9.17) is 10.3 Å². The van der Waals surface area contributed by atoms with Gasteiger partial charge in [-0.3, -0.25) is 0 Å². The van der Waals surface area contributed by atoms with Gasteiger partial charge < -0.3 is 10.3 Å². The molecule has 1 heterocycles. The fourth-order valence-electron chi connectivity index (χ4n) is 1.90. The van der Waals surface area contributed by atoms with Gasteiger partial charge in [-0.25, -0.2) is 0 Å².